The molecule has 0 N–H and O–H groups in total. The Balaban J connectivity index is 1.94. The first-order chi connectivity index (χ1) is 9.56. The molecule has 2 aromatic carbocycles. The maximum Gasteiger partial charge on any atom is 0.174 e. The van der Waals surface area contributed by atoms with E-state index in [9.17, 15) is 9.18 Å². The van der Waals surface area contributed by atoms with Crippen molar-refractivity contribution < 1.29 is 13.9 Å². The Morgan fingerprint density at radius 2 is 1.90 bits per heavy atom. The maximum atomic E-state index is 13.4. The van der Waals surface area contributed by atoms with Crippen molar-refractivity contribution in [2.75, 3.05) is 6.61 Å². The van der Waals surface area contributed by atoms with Crippen LogP contribution in [0.4, 0.5) is 4.39 Å². The minimum atomic E-state index is -0.398. The van der Waals surface area contributed by atoms with Crippen LogP contribution < -0.4 is 4.74 Å². The Morgan fingerprint density at radius 3 is 2.60 bits per heavy atom. The molecule has 0 bridgehead atoms. The van der Waals surface area contributed by atoms with E-state index in [4.69, 9.17) is 27.9 Å². The predicted molar refractivity (Wildman–Crippen MR) is 77.1 cm³/mol. The van der Waals surface area contributed by atoms with Gasteiger partial charge in [0.1, 0.15) is 18.2 Å². The standard InChI is InChI=1S/C15H11Cl2FO2/c16-11-5-6-15(13(17)8-11)20-9-12(19)7-10-3-1-2-4-14(10)18/h1-6,8H,7,9H2. The first kappa shape index (κ1) is 14.8. The van der Waals surface area contributed by atoms with E-state index in [0.717, 1.165) is 0 Å². The highest BCUT2D eigenvalue weighted by Crippen LogP contribution is 2.27. The molecule has 20 heavy (non-hydrogen) atoms. The normalized spacial score (nSPS) is 10.3. The molecule has 2 nitrogen and oxygen atoms in total. The van der Waals surface area contributed by atoms with Crippen LogP contribution in [-0.4, -0.2) is 12.4 Å². The topological polar surface area (TPSA) is 26.3 Å². The first-order valence-electron chi connectivity index (χ1n) is 5.89. The van der Waals surface area contributed by atoms with E-state index >= 15 is 0 Å². The van der Waals surface area contributed by atoms with E-state index < -0.39 is 5.82 Å². The molecule has 0 amide bonds. The largest absolute Gasteiger partial charge is 0.484 e. The van der Waals surface area contributed by atoms with Gasteiger partial charge in [0.15, 0.2) is 5.78 Å². The molecule has 0 unspecified atom stereocenters. The van der Waals surface area contributed by atoms with Gasteiger partial charge >= 0.3 is 0 Å². The molecule has 0 radical (unpaired) electrons. The number of hydrogen-bond donors (Lipinski definition) is 0. The summed E-state index contributed by atoms with van der Waals surface area (Å²) in [6.45, 7) is -0.171. The number of carbonyl (C=O) groups excluding carboxylic acids is 1. The van der Waals surface area contributed by atoms with Crippen LogP contribution in [0.25, 0.3) is 0 Å². The van der Waals surface area contributed by atoms with Crippen LogP contribution in [0.1, 0.15) is 5.56 Å². The number of ether oxygens (including phenoxy) is 1. The van der Waals surface area contributed by atoms with Crippen molar-refractivity contribution in [3.63, 3.8) is 0 Å². The van der Waals surface area contributed by atoms with Crippen LogP contribution in [0.2, 0.25) is 10.0 Å². The van der Waals surface area contributed by atoms with Crippen molar-refractivity contribution in [3.05, 3.63) is 63.9 Å². The highest BCUT2D eigenvalue weighted by molar-refractivity contribution is 6.35. The molecular formula is C15H11Cl2FO2. The molecule has 0 heterocycles. The van der Waals surface area contributed by atoms with Gasteiger partial charge in [0, 0.05) is 11.4 Å². The predicted octanol–water partition coefficient (Wildman–Crippen LogP) is 4.32. The van der Waals surface area contributed by atoms with E-state index in [2.05, 4.69) is 0 Å². The van der Waals surface area contributed by atoms with Crippen LogP contribution in [0.3, 0.4) is 0 Å². The number of benzene rings is 2. The summed E-state index contributed by atoms with van der Waals surface area (Å²) in [7, 11) is 0. The molecule has 0 aliphatic carbocycles. The van der Waals surface area contributed by atoms with E-state index in [0.29, 0.717) is 21.4 Å². The SMILES string of the molecule is O=C(COc1ccc(Cl)cc1Cl)Cc1ccccc1F. The quantitative estimate of drug-likeness (QED) is 0.821. The Kier molecular flexibility index (Phi) is 4.99. The lowest BCUT2D eigenvalue weighted by molar-refractivity contribution is -0.120. The van der Waals surface area contributed by atoms with Gasteiger partial charge in [-0.3, -0.25) is 4.79 Å². The van der Waals surface area contributed by atoms with Crippen molar-refractivity contribution in [1.29, 1.82) is 0 Å². The number of carbonyl (C=O) groups is 1. The summed E-state index contributed by atoms with van der Waals surface area (Å²) in [4.78, 5) is 11.8. The van der Waals surface area contributed by atoms with E-state index in [1.165, 1.54) is 12.1 Å². The van der Waals surface area contributed by atoms with Gasteiger partial charge in [0.05, 0.1) is 5.02 Å². The lowest BCUT2D eigenvalue weighted by Crippen LogP contribution is -2.14. The summed E-state index contributed by atoms with van der Waals surface area (Å²) in [6, 6.07) is 10.9. The van der Waals surface area contributed by atoms with E-state index in [1.807, 2.05) is 0 Å². The van der Waals surface area contributed by atoms with Crippen molar-refractivity contribution >= 4 is 29.0 Å². The van der Waals surface area contributed by atoms with Gasteiger partial charge in [0.25, 0.3) is 0 Å². The highest BCUT2D eigenvalue weighted by Gasteiger charge is 2.10. The molecule has 104 valence electrons. The van der Waals surface area contributed by atoms with Crippen LogP contribution in [0.15, 0.2) is 42.5 Å². The minimum absolute atomic E-state index is 0.0160. The number of ketones is 1. The van der Waals surface area contributed by atoms with Gasteiger partial charge in [-0.1, -0.05) is 41.4 Å². The fourth-order valence-electron chi connectivity index (χ4n) is 1.66. The molecule has 0 saturated heterocycles. The van der Waals surface area contributed by atoms with Gasteiger partial charge < -0.3 is 4.74 Å². The van der Waals surface area contributed by atoms with Crippen molar-refractivity contribution in [3.8, 4) is 5.75 Å². The van der Waals surface area contributed by atoms with Crippen LogP contribution in [0.5, 0.6) is 5.75 Å². The molecule has 0 aliphatic rings. The summed E-state index contributed by atoms with van der Waals surface area (Å²) < 4.78 is 18.7. The number of rotatable bonds is 5. The molecular weight excluding hydrogens is 302 g/mol. The lowest BCUT2D eigenvalue weighted by atomic mass is 10.1. The van der Waals surface area contributed by atoms with E-state index in [1.54, 1.807) is 30.3 Å². The minimum Gasteiger partial charge on any atom is -0.484 e. The molecule has 0 saturated carbocycles. The molecule has 0 aliphatic heterocycles. The Bertz CT molecular complexity index is 629. The molecule has 2 aromatic rings. The summed E-state index contributed by atoms with van der Waals surface area (Å²) in [5, 5.41) is 0.816. The lowest BCUT2D eigenvalue weighted by Gasteiger charge is -2.08. The van der Waals surface area contributed by atoms with Gasteiger partial charge in [-0.25, -0.2) is 4.39 Å². The smallest absolute Gasteiger partial charge is 0.174 e. The zero-order valence-corrected chi connectivity index (χ0v) is 11.9. The van der Waals surface area contributed by atoms with E-state index in [-0.39, 0.29) is 18.8 Å². The third kappa shape index (κ3) is 3.95. The van der Waals surface area contributed by atoms with Gasteiger partial charge in [-0.15, -0.1) is 0 Å². The Hall–Kier alpha value is -1.58. The molecule has 0 fully saturated rings. The number of Topliss-reactive ketones (excluding diaryl/α,β-unsaturated/α-hetero) is 1. The summed E-state index contributed by atoms with van der Waals surface area (Å²) in [5.74, 6) is -0.260. The molecule has 5 heteroatoms. The Labute approximate surface area is 126 Å². The third-order valence-corrected chi connectivity index (χ3v) is 3.16. The zero-order valence-electron chi connectivity index (χ0n) is 10.4. The average molecular weight is 313 g/mol. The monoisotopic (exact) mass is 312 g/mol. The van der Waals surface area contributed by atoms with Crippen LogP contribution in [-0.2, 0) is 11.2 Å². The van der Waals surface area contributed by atoms with Crippen molar-refractivity contribution in [1.82, 2.24) is 0 Å². The fraction of sp³-hybridized carbons (Fsp3) is 0.133. The fourth-order valence-corrected chi connectivity index (χ4v) is 2.12. The molecule has 0 aromatic heterocycles. The zero-order chi connectivity index (χ0) is 14.5. The number of hydrogen-bond acceptors (Lipinski definition) is 2. The first-order valence-corrected chi connectivity index (χ1v) is 6.65. The van der Waals surface area contributed by atoms with Crippen molar-refractivity contribution in [2.45, 2.75) is 6.42 Å². The second-order valence-electron chi connectivity index (χ2n) is 4.17. The molecule has 2 rings (SSSR count). The van der Waals surface area contributed by atoms with Gasteiger partial charge in [-0.2, -0.15) is 0 Å². The van der Waals surface area contributed by atoms with Crippen molar-refractivity contribution in [2.24, 2.45) is 0 Å². The Morgan fingerprint density at radius 1 is 1.15 bits per heavy atom. The maximum absolute atomic E-state index is 13.4. The summed E-state index contributed by atoms with van der Waals surface area (Å²) in [6.07, 6.45) is -0.0160. The molecule has 0 spiro atoms. The third-order valence-electron chi connectivity index (χ3n) is 2.63. The average Bonchev–Trinajstić information content (AvgIpc) is 2.40. The van der Waals surface area contributed by atoms with Gasteiger partial charge in [0.2, 0.25) is 0 Å². The van der Waals surface area contributed by atoms with Crippen LogP contribution >= 0.6 is 23.2 Å². The highest BCUT2D eigenvalue weighted by atomic mass is 35.5. The second kappa shape index (κ2) is 6.73. The summed E-state index contributed by atoms with van der Waals surface area (Å²) >= 11 is 11.7. The van der Waals surface area contributed by atoms with Crippen LogP contribution in [0, 0.1) is 5.82 Å². The number of halogens is 3. The summed E-state index contributed by atoms with van der Waals surface area (Å²) in [5.41, 5.74) is 0.350. The second-order valence-corrected chi connectivity index (χ2v) is 5.01. The molecule has 0 atom stereocenters. The van der Waals surface area contributed by atoms with Gasteiger partial charge in [-0.05, 0) is 29.8 Å².